The van der Waals surface area contributed by atoms with E-state index >= 15 is 0 Å². The predicted molar refractivity (Wildman–Crippen MR) is 125 cm³/mol. The van der Waals surface area contributed by atoms with E-state index in [-0.39, 0.29) is 44.7 Å². The minimum atomic E-state index is -1.23. The van der Waals surface area contributed by atoms with Crippen molar-refractivity contribution < 1.29 is 29.0 Å². The molecule has 2 aromatic carbocycles. The molecule has 2 amide bonds. The first-order valence-electron chi connectivity index (χ1n) is 11.6. The lowest BCUT2D eigenvalue weighted by atomic mass is 9.96. The summed E-state index contributed by atoms with van der Waals surface area (Å²) >= 11 is 0. The fourth-order valence-electron chi connectivity index (χ4n) is 4.65. The third-order valence-electron chi connectivity index (χ3n) is 6.80. The number of aliphatic carboxylic acids is 1. The third-order valence-corrected chi connectivity index (χ3v) is 6.80. The summed E-state index contributed by atoms with van der Waals surface area (Å²) in [5, 5.41) is 12.1. The molecular formula is C26H30N2O6. The van der Waals surface area contributed by atoms with Crippen LogP contribution in [0.15, 0.2) is 48.5 Å². The van der Waals surface area contributed by atoms with Gasteiger partial charge in [-0.15, -0.1) is 0 Å². The number of nitrogens with one attached hydrogen (secondary N) is 1. The second kappa shape index (κ2) is 9.85. The largest absolute Gasteiger partial charge is 0.481 e. The minimum Gasteiger partial charge on any atom is -0.481 e. The number of hydrogen-bond donors (Lipinski definition) is 2. The van der Waals surface area contributed by atoms with Gasteiger partial charge in [0.2, 0.25) is 5.91 Å². The molecule has 34 heavy (non-hydrogen) atoms. The van der Waals surface area contributed by atoms with Crippen molar-refractivity contribution >= 4 is 18.0 Å². The van der Waals surface area contributed by atoms with Gasteiger partial charge in [-0.2, -0.15) is 0 Å². The average Bonchev–Trinajstić information content (AvgIpc) is 2.97. The summed E-state index contributed by atoms with van der Waals surface area (Å²) < 4.78 is 11.0. The standard InChI is InChI=1S/C26H30N2O6/c1-3-26(2,24(31)28-12-13-33-15-17(14-28)23(29)30)27-25(32)34-16-22-20-10-6-4-8-18(20)19-9-5-7-11-21(19)22/h4-11,17,22H,3,12-16H2,1-2H3,(H,27,32)(H,29,30). The van der Waals surface area contributed by atoms with Crippen molar-refractivity contribution in [3.05, 3.63) is 59.7 Å². The number of ether oxygens (including phenoxy) is 2. The first kappa shape index (κ1) is 23.8. The van der Waals surface area contributed by atoms with E-state index in [9.17, 15) is 19.5 Å². The molecule has 1 aliphatic carbocycles. The van der Waals surface area contributed by atoms with E-state index in [0.29, 0.717) is 6.42 Å². The van der Waals surface area contributed by atoms with Gasteiger partial charge in [0.05, 0.1) is 19.1 Å². The number of carboxylic acid groups (broad SMARTS) is 1. The van der Waals surface area contributed by atoms with Crippen molar-refractivity contribution in [2.75, 3.05) is 32.9 Å². The Balaban J connectivity index is 1.43. The van der Waals surface area contributed by atoms with Crippen LogP contribution in [0.1, 0.15) is 37.3 Å². The van der Waals surface area contributed by atoms with Crippen molar-refractivity contribution in [1.29, 1.82) is 0 Å². The van der Waals surface area contributed by atoms with Crippen LogP contribution in [0, 0.1) is 5.92 Å². The van der Waals surface area contributed by atoms with Crippen LogP contribution >= 0.6 is 0 Å². The molecule has 2 unspecified atom stereocenters. The molecule has 0 saturated carbocycles. The normalized spacial score (nSPS) is 19.4. The monoisotopic (exact) mass is 466 g/mol. The zero-order valence-corrected chi connectivity index (χ0v) is 19.5. The molecule has 1 aliphatic heterocycles. The molecular weight excluding hydrogens is 436 g/mol. The molecule has 1 saturated heterocycles. The van der Waals surface area contributed by atoms with Gasteiger partial charge in [-0.1, -0.05) is 55.5 Å². The van der Waals surface area contributed by atoms with Crippen LogP contribution < -0.4 is 5.32 Å². The summed E-state index contributed by atoms with van der Waals surface area (Å²) in [6.45, 7) is 4.19. The van der Waals surface area contributed by atoms with E-state index in [1.165, 1.54) is 4.90 Å². The van der Waals surface area contributed by atoms with Gasteiger partial charge in [0.1, 0.15) is 12.1 Å². The molecule has 2 N–H and O–H groups in total. The first-order chi connectivity index (χ1) is 16.3. The molecule has 8 heteroatoms. The fraction of sp³-hybridized carbons (Fsp3) is 0.423. The Bertz CT molecular complexity index is 1040. The van der Waals surface area contributed by atoms with Crippen molar-refractivity contribution in [2.45, 2.75) is 31.7 Å². The van der Waals surface area contributed by atoms with Crippen LogP contribution in [0.2, 0.25) is 0 Å². The highest BCUT2D eigenvalue weighted by Gasteiger charge is 2.39. The van der Waals surface area contributed by atoms with E-state index in [1.807, 2.05) is 36.4 Å². The summed E-state index contributed by atoms with van der Waals surface area (Å²) in [6, 6.07) is 16.1. The van der Waals surface area contributed by atoms with Crippen molar-refractivity contribution in [1.82, 2.24) is 10.2 Å². The van der Waals surface area contributed by atoms with Crippen LogP contribution in [0.25, 0.3) is 11.1 Å². The molecule has 2 aromatic rings. The fourth-order valence-corrected chi connectivity index (χ4v) is 4.65. The predicted octanol–water partition coefficient (Wildman–Crippen LogP) is 3.25. The van der Waals surface area contributed by atoms with E-state index in [0.717, 1.165) is 22.3 Å². The Morgan fingerprint density at radius 1 is 1.12 bits per heavy atom. The van der Waals surface area contributed by atoms with Gasteiger partial charge in [0.15, 0.2) is 0 Å². The van der Waals surface area contributed by atoms with Crippen LogP contribution in [-0.4, -0.2) is 66.4 Å². The Hall–Kier alpha value is -3.39. The van der Waals surface area contributed by atoms with Crippen LogP contribution in [0.4, 0.5) is 4.79 Å². The smallest absolute Gasteiger partial charge is 0.408 e. The maximum absolute atomic E-state index is 13.3. The Labute approximate surface area is 198 Å². The SMILES string of the molecule is CCC(C)(NC(=O)OCC1c2ccccc2-c2ccccc21)C(=O)N1CCOCC(C(=O)O)C1. The second-order valence-corrected chi connectivity index (χ2v) is 9.00. The van der Waals surface area contributed by atoms with Crippen LogP contribution in [0.3, 0.4) is 0 Å². The molecule has 0 aromatic heterocycles. The maximum atomic E-state index is 13.3. The number of hydrogen-bond acceptors (Lipinski definition) is 5. The quantitative estimate of drug-likeness (QED) is 0.677. The molecule has 1 heterocycles. The summed E-state index contributed by atoms with van der Waals surface area (Å²) in [7, 11) is 0. The summed E-state index contributed by atoms with van der Waals surface area (Å²) in [5.74, 6) is -2.24. The van der Waals surface area contributed by atoms with Gasteiger partial charge in [-0.25, -0.2) is 4.79 Å². The number of amides is 2. The number of nitrogens with zero attached hydrogens (tertiary/aromatic N) is 1. The van der Waals surface area contributed by atoms with Crippen LogP contribution in [0.5, 0.6) is 0 Å². The topological polar surface area (TPSA) is 105 Å². The highest BCUT2D eigenvalue weighted by Crippen LogP contribution is 2.44. The number of carboxylic acids is 1. The number of fused-ring (bicyclic) bond motifs is 3. The highest BCUT2D eigenvalue weighted by atomic mass is 16.5. The van der Waals surface area contributed by atoms with Crippen molar-refractivity contribution in [3.8, 4) is 11.1 Å². The molecule has 2 atom stereocenters. The second-order valence-electron chi connectivity index (χ2n) is 9.00. The number of rotatable bonds is 6. The van der Waals surface area contributed by atoms with Gasteiger partial charge in [-0.3, -0.25) is 9.59 Å². The summed E-state index contributed by atoms with van der Waals surface area (Å²) in [6.07, 6.45) is -0.356. The number of benzene rings is 2. The lowest BCUT2D eigenvalue weighted by molar-refractivity contribution is -0.145. The summed E-state index contributed by atoms with van der Waals surface area (Å²) in [4.78, 5) is 39.0. The van der Waals surface area contributed by atoms with E-state index in [2.05, 4.69) is 17.4 Å². The number of carbonyl (C=O) groups excluding carboxylic acids is 2. The Morgan fingerprint density at radius 2 is 1.74 bits per heavy atom. The first-order valence-corrected chi connectivity index (χ1v) is 11.6. The van der Waals surface area contributed by atoms with Gasteiger partial charge >= 0.3 is 12.1 Å². The van der Waals surface area contributed by atoms with E-state index < -0.39 is 23.5 Å². The molecule has 2 aliphatic rings. The van der Waals surface area contributed by atoms with Gasteiger partial charge in [-0.05, 0) is 35.6 Å². The van der Waals surface area contributed by atoms with Gasteiger partial charge in [0.25, 0.3) is 0 Å². The Morgan fingerprint density at radius 3 is 2.32 bits per heavy atom. The van der Waals surface area contributed by atoms with Crippen molar-refractivity contribution in [2.24, 2.45) is 5.92 Å². The average molecular weight is 467 g/mol. The third kappa shape index (κ3) is 4.63. The van der Waals surface area contributed by atoms with Gasteiger partial charge < -0.3 is 24.8 Å². The number of alkyl carbamates (subject to hydrolysis) is 1. The molecule has 1 fully saturated rings. The van der Waals surface area contributed by atoms with Crippen LogP contribution in [-0.2, 0) is 19.1 Å². The maximum Gasteiger partial charge on any atom is 0.408 e. The number of carbonyl (C=O) groups is 3. The lowest BCUT2D eigenvalue weighted by Crippen LogP contribution is -2.58. The molecule has 4 rings (SSSR count). The molecule has 180 valence electrons. The molecule has 8 nitrogen and oxygen atoms in total. The summed E-state index contributed by atoms with van der Waals surface area (Å²) in [5.41, 5.74) is 3.26. The zero-order chi connectivity index (χ0) is 24.3. The highest BCUT2D eigenvalue weighted by molar-refractivity contribution is 5.90. The molecule has 0 radical (unpaired) electrons. The van der Waals surface area contributed by atoms with Crippen molar-refractivity contribution in [3.63, 3.8) is 0 Å². The zero-order valence-electron chi connectivity index (χ0n) is 19.5. The van der Waals surface area contributed by atoms with E-state index in [4.69, 9.17) is 9.47 Å². The molecule has 0 spiro atoms. The Kier molecular flexibility index (Phi) is 6.88. The van der Waals surface area contributed by atoms with E-state index in [1.54, 1.807) is 13.8 Å². The lowest BCUT2D eigenvalue weighted by Gasteiger charge is -2.34. The minimum absolute atomic E-state index is 0.0378. The van der Waals surface area contributed by atoms with Gasteiger partial charge in [0, 0.05) is 19.0 Å². The molecule has 0 bridgehead atoms.